The number of nitrogens with two attached hydrogens (primary N) is 1. The second-order valence-electron chi connectivity index (χ2n) is 4.40. The molecule has 1 rings (SSSR count). The lowest BCUT2D eigenvalue weighted by Gasteiger charge is -2.18. The van der Waals surface area contributed by atoms with Crippen molar-refractivity contribution in [3.05, 3.63) is 17.8 Å². The van der Waals surface area contributed by atoms with E-state index in [1.807, 2.05) is 13.8 Å². The zero-order chi connectivity index (χ0) is 13.0. The van der Waals surface area contributed by atoms with Crippen molar-refractivity contribution in [1.82, 2.24) is 4.98 Å². The number of aryl methyl sites for hydroxylation is 1. The molecule has 0 fully saturated rings. The predicted molar refractivity (Wildman–Crippen MR) is 66.7 cm³/mol. The highest BCUT2D eigenvalue weighted by atomic mass is 16.3. The fourth-order valence-electron chi connectivity index (χ4n) is 1.53. The monoisotopic (exact) mass is 237 g/mol. The normalized spacial score (nSPS) is 12.5. The summed E-state index contributed by atoms with van der Waals surface area (Å²) >= 11 is 0. The van der Waals surface area contributed by atoms with Gasteiger partial charge >= 0.3 is 0 Å². The average molecular weight is 237 g/mol. The summed E-state index contributed by atoms with van der Waals surface area (Å²) in [5, 5.41) is 12.2. The number of rotatable bonds is 4. The summed E-state index contributed by atoms with van der Waals surface area (Å²) in [6, 6.07) is 3.18. The van der Waals surface area contributed by atoms with Gasteiger partial charge in [0, 0.05) is 12.2 Å². The lowest BCUT2D eigenvalue weighted by molar-refractivity contribution is -0.120. The molecule has 5 heteroatoms. The van der Waals surface area contributed by atoms with Crippen LogP contribution in [0.4, 0.5) is 5.82 Å². The zero-order valence-corrected chi connectivity index (χ0v) is 10.4. The molecular weight excluding hydrogens is 218 g/mol. The van der Waals surface area contributed by atoms with E-state index < -0.39 is 0 Å². The molecule has 0 bridgehead atoms. The topological polar surface area (TPSA) is 88.2 Å². The third kappa shape index (κ3) is 3.42. The zero-order valence-electron chi connectivity index (χ0n) is 10.4. The van der Waals surface area contributed by atoms with Crippen molar-refractivity contribution in [2.24, 2.45) is 17.6 Å². The van der Waals surface area contributed by atoms with Gasteiger partial charge in [-0.3, -0.25) is 4.79 Å². The molecule has 0 aliphatic heterocycles. The Morgan fingerprint density at radius 2 is 2.18 bits per heavy atom. The lowest BCUT2D eigenvalue weighted by atomic mass is 9.95. The highest BCUT2D eigenvalue weighted by molar-refractivity contribution is 5.93. The van der Waals surface area contributed by atoms with Gasteiger partial charge in [0.2, 0.25) is 5.91 Å². The van der Waals surface area contributed by atoms with Crippen LogP contribution < -0.4 is 11.1 Å². The first kappa shape index (κ1) is 13.4. The SMILES string of the molecule is Cc1ccc(O)c(NC(=O)C(CN)C(C)C)n1. The summed E-state index contributed by atoms with van der Waals surface area (Å²) in [6.45, 7) is 5.93. The van der Waals surface area contributed by atoms with Crippen LogP contribution in [0.2, 0.25) is 0 Å². The number of hydrogen-bond donors (Lipinski definition) is 3. The van der Waals surface area contributed by atoms with E-state index in [0.717, 1.165) is 5.69 Å². The largest absolute Gasteiger partial charge is 0.504 e. The minimum atomic E-state index is -0.281. The smallest absolute Gasteiger partial charge is 0.230 e. The average Bonchev–Trinajstić information content (AvgIpc) is 2.24. The minimum absolute atomic E-state index is 0.0384. The Bertz CT molecular complexity index is 405. The standard InChI is InChI=1S/C12H19N3O2/c1-7(2)9(6-13)12(17)15-11-10(16)5-4-8(3)14-11/h4-5,7,9,16H,6,13H2,1-3H3,(H,14,15,17). The van der Waals surface area contributed by atoms with E-state index in [2.05, 4.69) is 10.3 Å². The fraction of sp³-hybridized carbons (Fsp3) is 0.500. The number of aromatic nitrogens is 1. The molecule has 1 aromatic heterocycles. The van der Waals surface area contributed by atoms with E-state index >= 15 is 0 Å². The Labute approximate surface area is 101 Å². The molecule has 1 heterocycles. The highest BCUT2D eigenvalue weighted by Gasteiger charge is 2.21. The summed E-state index contributed by atoms with van der Waals surface area (Å²) in [5.74, 6) is -0.197. The fourth-order valence-corrected chi connectivity index (χ4v) is 1.53. The number of nitrogens with zero attached hydrogens (tertiary/aromatic N) is 1. The lowest BCUT2D eigenvalue weighted by Crippen LogP contribution is -2.33. The number of hydrogen-bond acceptors (Lipinski definition) is 4. The second-order valence-corrected chi connectivity index (χ2v) is 4.40. The maximum absolute atomic E-state index is 11.9. The molecule has 0 saturated heterocycles. The number of amides is 1. The van der Waals surface area contributed by atoms with Crippen molar-refractivity contribution in [2.45, 2.75) is 20.8 Å². The van der Waals surface area contributed by atoms with Gasteiger partial charge in [-0.25, -0.2) is 4.98 Å². The van der Waals surface area contributed by atoms with Crippen molar-refractivity contribution < 1.29 is 9.90 Å². The number of aromatic hydroxyl groups is 1. The van der Waals surface area contributed by atoms with Gasteiger partial charge in [0.1, 0.15) is 0 Å². The first-order valence-electron chi connectivity index (χ1n) is 5.63. The van der Waals surface area contributed by atoms with Gasteiger partial charge in [-0.1, -0.05) is 13.8 Å². The van der Waals surface area contributed by atoms with Gasteiger partial charge in [0.25, 0.3) is 0 Å². The molecule has 0 aromatic carbocycles. The molecular formula is C12H19N3O2. The molecule has 1 unspecified atom stereocenters. The molecule has 17 heavy (non-hydrogen) atoms. The molecule has 4 N–H and O–H groups in total. The molecule has 0 aliphatic rings. The van der Waals surface area contributed by atoms with Crippen molar-refractivity contribution in [2.75, 3.05) is 11.9 Å². The van der Waals surface area contributed by atoms with Crippen molar-refractivity contribution in [3.8, 4) is 5.75 Å². The van der Waals surface area contributed by atoms with E-state index in [4.69, 9.17) is 5.73 Å². The Kier molecular flexibility index (Phi) is 4.45. The van der Waals surface area contributed by atoms with Crippen LogP contribution in [0.15, 0.2) is 12.1 Å². The Balaban J connectivity index is 2.83. The van der Waals surface area contributed by atoms with E-state index in [1.165, 1.54) is 6.07 Å². The van der Waals surface area contributed by atoms with Gasteiger partial charge in [-0.2, -0.15) is 0 Å². The molecule has 5 nitrogen and oxygen atoms in total. The molecule has 1 atom stereocenters. The van der Waals surface area contributed by atoms with E-state index in [-0.39, 0.29) is 35.9 Å². The molecule has 0 saturated carbocycles. The van der Waals surface area contributed by atoms with Crippen molar-refractivity contribution >= 4 is 11.7 Å². The van der Waals surface area contributed by atoms with Gasteiger partial charge in [-0.15, -0.1) is 0 Å². The van der Waals surface area contributed by atoms with Gasteiger partial charge in [0.15, 0.2) is 11.6 Å². The van der Waals surface area contributed by atoms with Crippen LogP contribution in [0.5, 0.6) is 5.75 Å². The van der Waals surface area contributed by atoms with Crippen LogP contribution >= 0.6 is 0 Å². The van der Waals surface area contributed by atoms with Crippen LogP contribution in [0, 0.1) is 18.8 Å². The van der Waals surface area contributed by atoms with Gasteiger partial charge in [-0.05, 0) is 25.0 Å². The maximum Gasteiger partial charge on any atom is 0.230 e. The van der Waals surface area contributed by atoms with Crippen LogP contribution in [0.1, 0.15) is 19.5 Å². The van der Waals surface area contributed by atoms with Crippen LogP contribution in [0.25, 0.3) is 0 Å². The van der Waals surface area contributed by atoms with E-state index in [0.29, 0.717) is 0 Å². The number of anilines is 1. The number of carbonyl (C=O) groups excluding carboxylic acids is 1. The minimum Gasteiger partial charge on any atom is -0.504 e. The summed E-state index contributed by atoms with van der Waals surface area (Å²) in [4.78, 5) is 16.0. The molecule has 1 aromatic rings. The molecule has 0 spiro atoms. The summed E-state index contributed by atoms with van der Waals surface area (Å²) in [6.07, 6.45) is 0. The quantitative estimate of drug-likeness (QED) is 0.735. The van der Waals surface area contributed by atoms with Gasteiger partial charge < -0.3 is 16.2 Å². The highest BCUT2D eigenvalue weighted by Crippen LogP contribution is 2.21. The summed E-state index contributed by atoms with van der Waals surface area (Å²) in [5.41, 5.74) is 6.28. The Morgan fingerprint density at radius 1 is 1.53 bits per heavy atom. The predicted octanol–water partition coefficient (Wildman–Crippen LogP) is 1.27. The van der Waals surface area contributed by atoms with Crippen LogP contribution in [0.3, 0.4) is 0 Å². The Morgan fingerprint density at radius 3 is 2.71 bits per heavy atom. The molecule has 94 valence electrons. The molecule has 0 aliphatic carbocycles. The first-order chi connectivity index (χ1) is 7.95. The summed E-state index contributed by atoms with van der Waals surface area (Å²) in [7, 11) is 0. The third-order valence-electron chi connectivity index (χ3n) is 2.65. The number of carbonyl (C=O) groups is 1. The summed E-state index contributed by atoms with van der Waals surface area (Å²) < 4.78 is 0. The van der Waals surface area contributed by atoms with E-state index in [1.54, 1.807) is 13.0 Å². The number of nitrogens with one attached hydrogen (secondary N) is 1. The third-order valence-corrected chi connectivity index (χ3v) is 2.65. The number of pyridine rings is 1. The van der Waals surface area contributed by atoms with E-state index in [9.17, 15) is 9.90 Å². The Hall–Kier alpha value is -1.62. The van der Waals surface area contributed by atoms with Gasteiger partial charge in [0.05, 0.1) is 5.92 Å². The second kappa shape index (κ2) is 5.63. The molecule has 0 radical (unpaired) electrons. The maximum atomic E-state index is 11.9. The van der Waals surface area contributed by atoms with Crippen molar-refractivity contribution in [3.63, 3.8) is 0 Å². The molecule has 1 amide bonds. The van der Waals surface area contributed by atoms with Crippen LogP contribution in [-0.2, 0) is 4.79 Å². The first-order valence-corrected chi connectivity index (χ1v) is 5.63. The van der Waals surface area contributed by atoms with Crippen molar-refractivity contribution in [1.29, 1.82) is 0 Å². The van der Waals surface area contributed by atoms with Crippen LogP contribution in [-0.4, -0.2) is 22.5 Å².